The third kappa shape index (κ3) is 35.1. The number of aliphatic hydroxyl groups excluding tert-OH is 4. The van der Waals surface area contributed by atoms with Gasteiger partial charge >= 0.3 is 11.9 Å². The molecule has 0 aromatic carbocycles. The van der Waals surface area contributed by atoms with Gasteiger partial charge in [0.25, 0.3) is 0 Å². The number of carbonyl (C=O) groups excluding carboxylic acids is 2. The van der Waals surface area contributed by atoms with Crippen molar-refractivity contribution in [3.8, 4) is 0 Å². The van der Waals surface area contributed by atoms with Crippen molar-refractivity contribution in [2.75, 3.05) is 19.8 Å². The summed E-state index contributed by atoms with van der Waals surface area (Å²) in [5, 5.41) is 40.2. The Kier molecular flexibility index (Phi) is 41.4. The van der Waals surface area contributed by atoms with Crippen molar-refractivity contribution >= 4 is 11.9 Å². The topological polar surface area (TPSA) is 152 Å². The highest BCUT2D eigenvalue weighted by atomic mass is 16.7. The maximum atomic E-state index is 12.8. The molecule has 0 aromatic rings. The quantitative estimate of drug-likeness (QED) is 0.0264. The molecule has 63 heavy (non-hydrogen) atoms. The van der Waals surface area contributed by atoms with Crippen LogP contribution >= 0.6 is 0 Å². The predicted molar refractivity (Wildman–Crippen MR) is 256 cm³/mol. The summed E-state index contributed by atoms with van der Waals surface area (Å²) in [6.07, 6.45) is 43.2. The molecule has 1 aliphatic heterocycles. The minimum Gasteiger partial charge on any atom is -0.462 e. The van der Waals surface area contributed by atoms with Gasteiger partial charge in [-0.1, -0.05) is 212 Å². The van der Waals surface area contributed by atoms with Crippen molar-refractivity contribution in [1.29, 1.82) is 0 Å². The molecule has 0 aliphatic carbocycles. The number of esters is 2. The molecule has 370 valence electrons. The van der Waals surface area contributed by atoms with Crippen molar-refractivity contribution in [2.24, 2.45) is 0 Å². The third-order valence-electron chi connectivity index (χ3n) is 12.3. The van der Waals surface area contributed by atoms with Gasteiger partial charge in [0.15, 0.2) is 12.4 Å². The molecule has 1 heterocycles. The van der Waals surface area contributed by atoms with Crippen LogP contribution in [0.15, 0.2) is 24.3 Å². The second-order valence-corrected chi connectivity index (χ2v) is 18.3. The number of hydrogen-bond donors (Lipinski definition) is 4. The van der Waals surface area contributed by atoms with Gasteiger partial charge in [-0.05, 0) is 44.9 Å². The van der Waals surface area contributed by atoms with E-state index in [9.17, 15) is 30.0 Å². The van der Waals surface area contributed by atoms with E-state index in [1.807, 2.05) is 0 Å². The standard InChI is InChI=1S/C53H98O10/c1-3-5-7-9-11-13-15-17-19-21-23-25-27-29-31-33-35-37-39-41-48(55)60-44-46(45-61-53-52(59)51(58)50(57)47(43-54)63-53)62-49(56)42-40-38-36-34-32-30-28-26-24-22-20-18-16-14-12-10-8-6-4-2/h12,14,18,20,46-47,50-54,57-59H,3-11,13,15-17,19,21-45H2,1-2H3/b14-12-,20-18-. The Hall–Kier alpha value is -1.82. The van der Waals surface area contributed by atoms with Gasteiger partial charge in [0.1, 0.15) is 31.0 Å². The Bertz CT molecular complexity index is 1080. The Labute approximate surface area is 385 Å². The molecular weight excluding hydrogens is 797 g/mol. The van der Waals surface area contributed by atoms with Crippen LogP contribution in [-0.2, 0) is 28.5 Å². The van der Waals surface area contributed by atoms with E-state index in [1.54, 1.807) is 0 Å². The average Bonchev–Trinajstić information content (AvgIpc) is 3.28. The van der Waals surface area contributed by atoms with Crippen LogP contribution in [0.5, 0.6) is 0 Å². The summed E-state index contributed by atoms with van der Waals surface area (Å²) in [7, 11) is 0. The lowest BCUT2D eigenvalue weighted by Gasteiger charge is -2.39. The van der Waals surface area contributed by atoms with Crippen LogP contribution in [0, 0.1) is 0 Å². The summed E-state index contributed by atoms with van der Waals surface area (Å²) < 4.78 is 22.3. The van der Waals surface area contributed by atoms with Gasteiger partial charge in [-0.3, -0.25) is 9.59 Å². The zero-order valence-corrected chi connectivity index (χ0v) is 40.6. The van der Waals surface area contributed by atoms with Crippen LogP contribution in [-0.4, -0.2) is 89.0 Å². The van der Waals surface area contributed by atoms with Crippen molar-refractivity contribution in [3.63, 3.8) is 0 Å². The molecule has 0 spiro atoms. The van der Waals surface area contributed by atoms with Crippen molar-refractivity contribution < 1.29 is 49.0 Å². The molecule has 0 amide bonds. The summed E-state index contributed by atoms with van der Waals surface area (Å²) in [6.45, 7) is 3.44. The summed E-state index contributed by atoms with van der Waals surface area (Å²) in [5.74, 6) is -0.798. The molecular formula is C53H98O10. The minimum atomic E-state index is -1.59. The first-order chi connectivity index (χ1) is 30.8. The maximum absolute atomic E-state index is 12.8. The molecule has 6 unspecified atom stereocenters. The van der Waals surface area contributed by atoms with Crippen LogP contribution in [0.2, 0.25) is 0 Å². The van der Waals surface area contributed by atoms with Crippen LogP contribution in [0.1, 0.15) is 245 Å². The largest absolute Gasteiger partial charge is 0.462 e. The molecule has 1 aliphatic rings. The highest BCUT2D eigenvalue weighted by molar-refractivity contribution is 5.70. The van der Waals surface area contributed by atoms with E-state index in [0.717, 1.165) is 51.4 Å². The molecule has 1 fully saturated rings. The highest BCUT2D eigenvalue weighted by Crippen LogP contribution is 2.23. The lowest BCUT2D eigenvalue weighted by atomic mass is 9.99. The van der Waals surface area contributed by atoms with E-state index < -0.39 is 49.4 Å². The van der Waals surface area contributed by atoms with E-state index in [1.165, 1.54) is 161 Å². The lowest BCUT2D eigenvalue weighted by Crippen LogP contribution is -2.59. The minimum absolute atomic E-state index is 0.214. The maximum Gasteiger partial charge on any atom is 0.306 e. The molecule has 6 atom stereocenters. The van der Waals surface area contributed by atoms with Gasteiger partial charge in [-0.2, -0.15) is 0 Å². The van der Waals surface area contributed by atoms with Gasteiger partial charge in [0.2, 0.25) is 0 Å². The predicted octanol–water partition coefficient (Wildman–Crippen LogP) is 12.5. The van der Waals surface area contributed by atoms with E-state index in [4.69, 9.17) is 18.9 Å². The number of unbranched alkanes of at least 4 members (excludes halogenated alkanes) is 30. The van der Waals surface area contributed by atoms with Crippen molar-refractivity contribution in [2.45, 2.75) is 282 Å². The molecule has 0 saturated carbocycles. The zero-order valence-electron chi connectivity index (χ0n) is 40.6. The number of carbonyl (C=O) groups is 2. The van der Waals surface area contributed by atoms with E-state index in [-0.39, 0.29) is 32.0 Å². The van der Waals surface area contributed by atoms with Gasteiger partial charge in [-0.15, -0.1) is 0 Å². The average molecular weight is 895 g/mol. The van der Waals surface area contributed by atoms with Gasteiger partial charge in [0.05, 0.1) is 13.2 Å². The number of allylic oxidation sites excluding steroid dienone is 4. The first-order valence-electron chi connectivity index (χ1n) is 26.4. The smallest absolute Gasteiger partial charge is 0.306 e. The summed E-state index contributed by atoms with van der Waals surface area (Å²) in [6, 6.07) is 0. The van der Waals surface area contributed by atoms with Crippen molar-refractivity contribution in [3.05, 3.63) is 24.3 Å². The molecule has 0 bridgehead atoms. The summed E-state index contributed by atoms with van der Waals surface area (Å²) in [4.78, 5) is 25.5. The molecule has 4 N–H and O–H groups in total. The van der Waals surface area contributed by atoms with Gasteiger partial charge in [-0.25, -0.2) is 0 Å². The van der Waals surface area contributed by atoms with Gasteiger partial charge in [0, 0.05) is 12.8 Å². The van der Waals surface area contributed by atoms with Crippen LogP contribution in [0.4, 0.5) is 0 Å². The third-order valence-corrected chi connectivity index (χ3v) is 12.3. The van der Waals surface area contributed by atoms with Crippen LogP contribution in [0.3, 0.4) is 0 Å². The van der Waals surface area contributed by atoms with E-state index in [2.05, 4.69) is 38.2 Å². The number of hydrogen-bond acceptors (Lipinski definition) is 10. The fourth-order valence-electron chi connectivity index (χ4n) is 8.16. The molecule has 1 saturated heterocycles. The normalized spacial score (nSPS) is 19.6. The summed E-state index contributed by atoms with van der Waals surface area (Å²) >= 11 is 0. The Balaban J connectivity index is 2.24. The molecule has 0 radical (unpaired) electrons. The van der Waals surface area contributed by atoms with Crippen LogP contribution < -0.4 is 0 Å². The Morgan fingerprint density at radius 2 is 0.889 bits per heavy atom. The highest BCUT2D eigenvalue weighted by Gasteiger charge is 2.44. The first kappa shape index (κ1) is 59.2. The summed E-state index contributed by atoms with van der Waals surface area (Å²) in [5.41, 5.74) is 0. The van der Waals surface area contributed by atoms with Crippen LogP contribution in [0.25, 0.3) is 0 Å². The Morgan fingerprint density at radius 1 is 0.492 bits per heavy atom. The Morgan fingerprint density at radius 3 is 1.35 bits per heavy atom. The van der Waals surface area contributed by atoms with Gasteiger partial charge < -0.3 is 39.4 Å². The number of rotatable bonds is 45. The fourth-order valence-corrected chi connectivity index (χ4v) is 8.16. The van der Waals surface area contributed by atoms with E-state index in [0.29, 0.717) is 6.42 Å². The fraction of sp³-hybridized carbons (Fsp3) is 0.887. The lowest BCUT2D eigenvalue weighted by molar-refractivity contribution is -0.305. The molecule has 10 heteroatoms. The second kappa shape index (κ2) is 44.0. The molecule has 1 rings (SSSR count). The van der Waals surface area contributed by atoms with Crippen molar-refractivity contribution in [1.82, 2.24) is 0 Å². The van der Waals surface area contributed by atoms with E-state index >= 15 is 0 Å². The SMILES string of the molecule is CCCCC/C=C\C/C=C\CCCCCCCCCCCC(=O)OC(COC(=O)CCCCCCCCCCCCCCCCCCCCC)COC1OC(CO)C(O)C(O)C1O. The monoisotopic (exact) mass is 895 g/mol. The molecule has 0 aromatic heterocycles. The number of ether oxygens (including phenoxy) is 4. The first-order valence-corrected chi connectivity index (χ1v) is 26.4. The zero-order chi connectivity index (χ0) is 45.9. The number of aliphatic hydroxyl groups is 4. The molecule has 10 nitrogen and oxygen atoms in total. The second-order valence-electron chi connectivity index (χ2n) is 18.3.